The van der Waals surface area contributed by atoms with Gasteiger partial charge in [0.2, 0.25) is 5.91 Å². The highest BCUT2D eigenvalue weighted by atomic mass is 16.2. The summed E-state index contributed by atoms with van der Waals surface area (Å²) >= 11 is 0. The highest BCUT2D eigenvalue weighted by Crippen LogP contribution is 2.08. The first-order chi connectivity index (χ1) is 9.78. The Bertz CT molecular complexity index is 499. The number of nitrogens with one attached hydrogen (secondary N) is 1. The maximum atomic E-state index is 11.3. The van der Waals surface area contributed by atoms with E-state index in [1.54, 1.807) is 0 Å². The van der Waals surface area contributed by atoms with Gasteiger partial charge in [0.05, 0.1) is 6.61 Å². The third kappa shape index (κ3) is 4.69. The van der Waals surface area contributed by atoms with Crippen molar-refractivity contribution < 1.29 is 9.90 Å². The first kappa shape index (κ1) is 14.6. The minimum absolute atomic E-state index is 0.104. The van der Waals surface area contributed by atoms with E-state index < -0.39 is 0 Å². The molecular weight excluding hydrogens is 252 g/mol. The van der Waals surface area contributed by atoms with E-state index in [4.69, 9.17) is 5.11 Å². The second-order valence-electron chi connectivity index (χ2n) is 4.85. The Morgan fingerprint density at radius 3 is 2.80 bits per heavy atom. The van der Waals surface area contributed by atoms with E-state index >= 15 is 0 Å². The number of carbonyl (C=O) groups excluding carboxylic acids is 1. The molecule has 1 aromatic rings. The standard InChI is InChI=1S/C16H20N2O2/c19-12-2-1-3-14-4-6-15(7-5-14)13-18-10-8-16(20)17-9-11-18/h4-7,19H,2,8-13H2,(H,17,20). The highest BCUT2D eigenvalue weighted by molar-refractivity contribution is 5.76. The van der Waals surface area contributed by atoms with Crippen LogP contribution in [0, 0.1) is 11.8 Å². The average molecular weight is 272 g/mol. The lowest BCUT2D eigenvalue weighted by atomic mass is 10.1. The SMILES string of the molecule is O=C1CCN(Cc2ccc(C#CCCO)cc2)CCN1. The second-order valence-corrected chi connectivity index (χ2v) is 4.85. The molecule has 1 amide bonds. The Hall–Kier alpha value is -1.83. The lowest BCUT2D eigenvalue weighted by molar-refractivity contribution is -0.120. The van der Waals surface area contributed by atoms with E-state index in [2.05, 4.69) is 34.2 Å². The molecule has 0 saturated carbocycles. The van der Waals surface area contributed by atoms with Crippen LogP contribution in [0.15, 0.2) is 24.3 Å². The zero-order valence-corrected chi connectivity index (χ0v) is 11.6. The number of carbonyl (C=O) groups is 1. The lowest BCUT2D eigenvalue weighted by Gasteiger charge is -2.18. The van der Waals surface area contributed by atoms with Gasteiger partial charge in [-0.2, -0.15) is 0 Å². The molecule has 1 aliphatic heterocycles. The summed E-state index contributed by atoms with van der Waals surface area (Å²) in [4.78, 5) is 13.6. The van der Waals surface area contributed by atoms with Gasteiger partial charge in [0.1, 0.15) is 0 Å². The van der Waals surface area contributed by atoms with Gasteiger partial charge in [-0.15, -0.1) is 0 Å². The van der Waals surface area contributed by atoms with Crippen molar-refractivity contribution >= 4 is 5.91 Å². The Morgan fingerprint density at radius 2 is 2.05 bits per heavy atom. The molecule has 4 heteroatoms. The van der Waals surface area contributed by atoms with E-state index in [0.29, 0.717) is 12.8 Å². The van der Waals surface area contributed by atoms with Gasteiger partial charge in [-0.25, -0.2) is 0 Å². The first-order valence-corrected chi connectivity index (χ1v) is 6.95. The van der Waals surface area contributed by atoms with E-state index in [0.717, 1.165) is 31.7 Å². The molecule has 2 rings (SSSR count). The Balaban J connectivity index is 1.90. The van der Waals surface area contributed by atoms with Gasteiger partial charge in [0.15, 0.2) is 0 Å². The molecule has 0 atom stereocenters. The number of aliphatic hydroxyl groups is 1. The summed E-state index contributed by atoms with van der Waals surface area (Å²) in [6.07, 6.45) is 1.08. The highest BCUT2D eigenvalue weighted by Gasteiger charge is 2.13. The third-order valence-electron chi connectivity index (χ3n) is 3.23. The van der Waals surface area contributed by atoms with Crippen LogP contribution in [-0.4, -0.2) is 42.2 Å². The van der Waals surface area contributed by atoms with Gasteiger partial charge < -0.3 is 10.4 Å². The predicted molar refractivity (Wildman–Crippen MR) is 77.9 cm³/mol. The van der Waals surface area contributed by atoms with Crippen molar-refractivity contribution in [2.45, 2.75) is 19.4 Å². The number of amides is 1. The van der Waals surface area contributed by atoms with Crippen LogP contribution < -0.4 is 5.32 Å². The van der Waals surface area contributed by atoms with Crippen LogP contribution in [0.2, 0.25) is 0 Å². The van der Waals surface area contributed by atoms with Gasteiger partial charge in [0, 0.05) is 44.6 Å². The molecule has 1 heterocycles. The van der Waals surface area contributed by atoms with Crippen molar-refractivity contribution in [3.8, 4) is 11.8 Å². The summed E-state index contributed by atoms with van der Waals surface area (Å²) in [5.41, 5.74) is 2.20. The summed E-state index contributed by atoms with van der Waals surface area (Å²) in [6.45, 7) is 3.39. The van der Waals surface area contributed by atoms with Gasteiger partial charge in [-0.3, -0.25) is 9.69 Å². The van der Waals surface area contributed by atoms with Crippen LogP contribution in [0.4, 0.5) is 0 Å². The Morgan fingerprint density at radius 1 is 1.25 bits per heavy atom. The van der Waals surface area contributed by atoms with E-state index in [9.17, 15) is 4.79 Å². The fourth-order valence-electron chi connectivity index (χ4n) is 2.14. The minimum atomic E-state index is 0.104. The molecule has 0 bridgehead atoms. The molecule has 20 heavy (non-hydrogen) atoms. The molecule has 0 unspecified atom stereocenters. The lowest BCUT2D eigenvalue weighted by Crippen LogP contribution is -2.28. The molecule has 4 nitrogen and oxygen atoms in total. The maximum Gasteiger partial charge on any atom is 0.221 e. The van der Waals surface area contributed by atoms with Crippen LogP contribution in [0.25, 0.3) is 0 Å². The minimum Gasteiger partial charge on any atom is -0.395 e. The Kier molecular flexibility index (Phi) is 5.60. The maximum absolute atomic E-state index is 11.3. The summed E-state index contributed by atoms with van der Waals surface area (Å²) in [6, 6.07) is 8.15. The van der Waals surface area contributed by atoms with Crippen LogP contribution in [-0.2, 0) is 11.3 Å². The smallest absolute Gasteiger partial charge is 0.221 e. The number of rotatable bonds is 3. The summed E-state index contributed by atoms with van der Waals surface area (Å²) in [5, 5.41) is 11.6. The van der Waals surface area contributed by atoms with Crippen molar-refractivity contribution in [3.63, 3.8) is 0 Å². The quantitative estimate of drug-likeness (QED) is 0.798. The topological polar surface area (TPSA) is 52.6 Å². The molecule has 1 saturated heterocycles. The molecule has 0 radical (unpaired) electrons. The second kappa shape index (κ2) is 7.68. The van der Waals surface area contributed by atoms with Crippen molar-refractivity contribution in [1.29, 1.82) is 0 Å². The van der Waals surface area contributed by atoms with Gasteiger partial charge >= 0.3 is 0 Å². The van der Waals surface area contributed by atoms with Gasteiger partial charge in [0.25, 0.3) is 0 Å². The zero-order chi connectivity index (χ0) is 14.2. The summed E-state index contributed by atoms with van der Waals surface area (Å²) < 4.78 is 0. The summed E-state index contributed by atoms with van der Waals surface area (Å²) in [7, 11) is 0. The molecule has 1 aromatic carbocycles. The van der Waals surface area contributed by atoms with Crippen LogP contribution in [0.3, 0.4) is 0 Å². The predicted octanol–water partition coefficient (Wildman–Crippen LogP) is 0.742. The normalized spacial score (nSPS) is 15.9. The monoisotopic (exact) mass is 272 g/mol. The fraction of sp³-hybridized carbons (Fsp3) is 0.438. The van der Waals surface area contributed by atoms with Crippen molar-refractivity contribution in [3.05, 3.63) is 35.4 Å². The van der Waals surface area contributed by atoms with Crippen LogP contribution >= 0.6 is 0 Å². The summed E-state index contributed by atoms with van der Waals surface area (Å²) in [5.74, 6) is 6.06. The zero-order valence-electron chi connectivity index (χ0n) is 11.6. The number of aliphatic hydroxyl groups excluding tert-OH is 1. The van der Waals surface area contributed by atoms with Gasteiger partial charge in [-0.1, -0.05) is 24.0 Å². The van der Waals surface area contributed by atoms with E-state index in [1.165, 1.54) is 5.56 Å². The molecule has 2 N–H and O–H groups in total. The largest absolute Gasteiger partial charge is 0.395 e. The Labute approximate surface area is 119 Å². The van der Waals surface area contributed by atoms with Crippen molar-refractivity contribution in [2.24, 2.45) is 0 Å². The average Bonchev–Trinajstić information content (AvgIpc) is 2.66. The third-order valence-corrected chi connectivity index (χ3v) is 3.23. The van der Waals surface area contributed by atoms with E-state index in [1.807, 2.05) is 12.1 Å². The van der Waals surface area contributed by atoms with Gasteiger partial charge in [-0.05, 0) is 17.7 Å². The number of nitrogens with zero attached hydrogens (tertiary/aromatic N) is 1. The molecule has 1 aliphatic rings. The van der Waals surface area contributed by atoms with Crippen molar-refractivity contribution in [1.82, 2.24) is 10.2 Å². The molecule has 0 aromatic heterocycles. The first-order valence-electron chi connectivity index (χ1n) is 6.95. The van der Waals surface area contributed by atoms with E-state index in [-0.39, 0.29) is 12.5 Å². The number of hydrogen-bond donors (Lipinski definition) is 2. The van der Waals surface area contributed by atoms with Crippen molar-refractivity contribution in [2.75, 3.05) is 26.2 Å². The van der Waals surface area contributed by atoms with Crippen LogP contribution in [0.5, 0.6) is 0 Å². The molecule has 106 valence electrons. The molecule has 1 fully saturated rings. The molecular formula is C16H20N2O2. The van der Waals surface area contributed by atoms with Crippen LogP contribution in [0.1, 0.15) is 24.0 Å². The fourth-order valence-corrected chi connectivity index (χ4v) is 2.14. The number of benzene rings is 1. The molecule has 0 aliphatic carbocycles. The molecule has 0 spiro atoms. The number of hydrogen-bond acceptors (Lipinski definition) is 3.